The smallest absolute Gasteiger partial charge is 0.318 e. The van der Waals surface area contributed by atoms with E-state index in [-0.39, 0.29) is 6.54 Å². The Kier molecular flexibility index (Phi) is 3.36. The van der Waals surface area contributed by atoms with E-state index in [1.165, 1.54) is 5.56 Å². The quantitative estimate of drug-likeness (QED) is 0.651. The summed E-state index contributed by atoms with van der Waals surface area (Å²) in [6.45, 7) is 0.877. The van der Waals surface area contributed by atoms with Gasteiger partial charge in [0.15, 0.2) is 0 Å². The van der Waals surface area contributed by atoms with Crippen molar-refractivity contribution in [3.63, 3.8) is 0 Å². The van der Waals surface area contributed by atoms with Crippen molar-refractivity contribution in [2.24, 2.45) is 5.73 Å². The third-order valence-corrected chi connectivity index (χ3v) is 2.92. The molecule has 1 aliphatic heterocycles. The molecule has 0 radical (unpaired) electrons. The van der Waals surface area contributed by atoms with E-state index in [4.69, 9.17) is 11.5 Å². The molecule has 6 heteroatoms. The predicted octanol–water partition coefficient (Wildman–Crippen LogP) is 0.216. The first-order valence-electron chi connectivity index (χ1n) is 5.79. The van der Waals surface area contributed by atoms with Gasteiger partial charge in [-0.2, -0.15) is 0 Å². The summed E-state index contributed by atoms with van der Waals surface area (Å²) in [6.07, 6.45) is 1.95. The number of primary amides is 1. The first-order chi connectivity index (χ1) is 8.56. The highest BCUT2D eigenvalue weighted by atomic mass is 16.2. The summed E-state index contributed by atoms with van der Waals surface area (Å²) in [5, 5.41) is 2.06. The van der Waals surface area contributed by atoms with Crippen molar-refractivity contribution in [1.29, 1.82) is 0 Å². The summed E-state index contributed by atoms with van der Waals surface area (Å²) in [4.78, 5) is 24.0. The molecule has 0 bridgehead atoms. The lowest BCUT2D eigenvalue weighted by atomic mass is 10.0. The Morgan fingerprint density at radius 2 is 2.17 bits per heavy atom. The standard InChI is InChI=1S/C12H16N4O2/c13-9-4-3-8-2-1-5-16(10(8)6-9)7-11(17)15-12(14)18/h3-4,6H,1-2,5,7,13H2,(H3,14,15,17,18). The second-order valence-electron chi connectivity index (χ2n) is 4.33. The van der Waals surface area contributed by atoms with Crippen LogP contribution in [0.1, 0.15) is 12.0 Å². The molecule has 6 nitrogen and oxygen atoms in total. The lowest BCUT2D eigenvalue weighted by Crippen LogP contribution is -2.43. The van der Waals surface area contributed by atoms with Crippen LogP contribution in [0, 0.1) is 0 Å². The van der Waals surface area contributed by atoms with Gasteiger partial charge < -0.3 is 16.4 Å². The maximum absolute atomic E-state index is 11.5. The maximum atomic E-state index is 11.5. The van der Waals surface area contributed by atoms with Crippen molar-refractivity contribution in [2.45, 2.75) is 12.8 Å². The van der Waals surface area contributed by atoms with Crippen molar-refractivity contribution < 1.29 is 9.59 Å². The highest BCUT2D eigenvalue weighted by Gasteiger charge is 2.19. The summed E-state index contributed by atoms with van der Waals surface area (Å²) in [5.41, 5.74) is 13.5. The first kappa shape index (κ1) is 12.2. The van der Waals surface area contributed by atoms with Crippen LogP contribution in [0.2, 0.25) is 0 Å². The Morgan fingerprint density at radius 3 is 2.89 bits per heavy atom. The van der Waals surface area contributed by atoms with Crippen LogP contribution in [-0.4, -0.2) is 25.0 Å². The molecule has 1 aromatic rings. The van der Waals surface area contributed by atoms with E-state index in [2.05, 4.69) is 5.32 Å². The van der Waals surface area contributed by atoms with Gasteiger partial charge >= 0.3 is 6.03 Å². The van der Waals surface area contributed by atoms with Gasteiger partial charge in [-0.3, -0.25) is 10.1 Å². The van der Waals surface area contributed by atoms with Crippen LogP contribution >= 0.6 is 0 Å². The summed E-state index contributed by atoms with van der Waals surface area (Å²) >= 11 is 0. The topological polar surface area (TPSA) is 101 Å². The van der Waals surface area contributed by atoms with Gasteiger partial charge in [-0.15, -0.1) is 0 Å². The van der Waals surface area contributed by atoms with Crippen LogP contribution in [0.25, 0.3) is 0 Å². The van der Waals surface area contributed by atoms with Crippen LogP contribution in [0.4, 0.5) is 16.2 Å². The number of nitrogens with one attached hydrogen (secondary N) is 1. The lowest BCUT2D eigenvalue weighted by molar-refractivity contribution is -0.118. The average molecular weight is 248 g/mol. The number of amides is 3. The number of urea groups is 1. The minimum Gasteiger partial charge on any atom is -0.399 e. The van der Waals surface area contributed by atoms with Gasteiger partial charge in [-0.1, -0.05) is 6.07 Å². The van der Waals surface area contributed by atoms with Gasteiger partial charge in [-0.25, -0.2) is 4.79 Å². The number of rotatable bonds is 2. The number of fused-ring (bicyclic) bond motifs is 1. The number of hydrogen-bond acceptors (Lipinski definition) is 4. The zero-order chi connectivity index (χ0) is 13.1. The third kappa shape index (κ3) is 2.71. The molecular weight excluding hydrogens is 232 g/mol. The molecule has 0 fully saturated rings. The van der Waals surface area contributed by atoms with Crippen molar-refractivity contribution in [1.82, 2.24) is 5.32 Å². The number of benzene rings is 1. The molecule has 0 saturated carbocycles. The Labute approximate surface area is 105 Å². The minimum absolute atomic E-state index is 0.111. The molecule has 0 aliphatic carbocycles. The van der Waals surface area contributed by atoms with E-state index in [9.17, 15) is 9.59 Å². The summed E-state index contributed by atoms with van der Waals surface area (Å²) in [5.74, 6) is -0.405. The summed E-state index contributed by atoms with van der Waals surface area (Å²) in [6, 6.07) is 4.85. The SMILES string of the molecule is NC(=O)NC(=O)CN1CCCc2ccc(N)cc21. The molecule has 96 valence electrons. The Bertz CT molecular complexity index is 487. The van der Waals surface area contributed by atoms with Gasteiger partial charge in [0.2, 0.25) is 5.91 Å². The third-order valence-electron chi connectivity index (χ3n) is 2.92. The maximum Gasteiger partial charge on any atom is 0.318 e. The number of carbonyl (C=O) groups excluding carboxylic acids is 2. The number of aryl methyl sites for hydroxylation is 1. The molecule has 3 amide bonds. The van der Waals surface area contributed by atoms with Crippen molar-refractivity contribution in [2.75, 3.05) is 23.7 Å². The highest BCUT2D eigenvalue weighted by Crippen LogP contribution is 2.28. The van der Waals surface area contributed by atoms with E-state index in [0.29, 0.717) is 5.69 Å². The zero-order valence-electron chi connectivity index (χ0n) is 9.98. The van der Waals surface area contributed by atoms with Gasteiger partial charge in [0.05, 0.1) is 6.54 Å². The molecule has 18 heavy (non-hydrogen) atoms. The number of hydrogen-bond donors (Lipinski definition) is 3. The number of carbonyl (C=O) groups is 2. The summed E-state index contributed by atoms with van der Waals surface area (Å²) in [7, 11) is 0. The molecular formula is C12H16N4O2. The molecule has 2 rings (SSSR count). The molecule has 5 N–H and O–H groups in total. The number of anilines is 2. The molecule has 0 atom stereocenters. The lowest BCUT2D eigenvalue weighted by Gasteiger charge is -2.30. The largest absolute Gasteiger partial charge is 0.399 e. The van der Waals surface area contributed by atoms with E-state index in [0.717, 1.165) is 25.1 Å². The van der Waals surface area contributed by atoms with Crippen LogP contribution in [0.5, 0.6) is 0 Å². The normalized spacial score (nSPS) is 13.9. The van der Waals surface area contributed by atoms with Gasteiger partial charge in [0, 0.05) is 17.9 Å². The molecule has 0 saturated heterocycles. The Morgan fingerprint density at radius 1 is 1.39 bits per heavy atom. The second-order valence-corrected chi connectivity index (χ2v) is 4.33. The fourth-order valence-corrected chi connectivity index (χ4v) is 2.18. The van der Waals surface area contributed by atoms with E-state index in [1.807, 2.05) is 23.1 Å². The second kappa shape index (κ2) is 4.95. The summed E-state index contributed by atoms with van der Waals surface area (Å²) < 4.78 is 0. The van der Waals surface area contributed by atoms with Crippen molar-refractivity contribution in [3.05, 3.63) is 23.8 Å². The van der Waals surface area contributed by atoms with Gasteiger partial charge in [-0.05, 0) is 30.5 Å². The molecule has 0 aromatic heterocycles. The van der Waals surface area contributed by atoms with Crippen molar-refractivity contribution >= 4 is 23.3 Å². The van der Waals surface area contributed by atoms with Crippen molar-refractivity contribution in [3.8, 4) is 0 Å². The molecule has 1 aliphatic rings. The number of nitrogens with two attached hydrogens (primary N) is 2. The Hall–Kier alpha value is -2.24. The van der Waals surface area contributed by atoms with Crippen LogP contribution < -0.4 is 21.7 Å². The number of nitrogens with zero attached hydrogens (tertiary/aromatic N) is 1. The van der Waals surface area contributed by atoms with E-state index >= 15 is 0 Å². The van der Waals surface area contributed by atoms with Gasteiger partial charge in [0.1, 0.15) is 0 Å². The predicted molar refractivity (Wildman–Crippen MR) is 69.1 cm³/mol. The van der Waals surface area contributed by atoms with Crippen LogP contribution in [-0.2, 0) is 11.2 Å². The number of imide groups is 1. The minimum atomic E-state index is -0.829. The van der Waals surface area contributed by atoms with E-state index in [1.54, 1.807) is 0 Å². The zero-order valence-corrected chi connectivity index (χ0v) is 9.98. The van der Waals surface area contributed by atoms with E-state index < -0.39 is 11.9 Å². The highest BCUT2D eigenvalue weighted by molar-refractivity contribution is 5.95. The van der Waals surface area contributed by atoms with Crippen LogP contribution in [0.15, 0.2) is 18.2 Å². The average Bonchev–Trinajstić information content (AvgIpc) is 2.28. The monoisotopic (exact) mass is 248 g/mol. The Balaban J connectivity index is 2.14. The fourth-order valence-electron chi connectivity index (χ4n) is 2.18. The molecule has 1 heterocycles. The van der Waals surface area contributed by atoms with Crippen LogP contribution in [0.3, 0.4) is 0 Å². The molecule has 0 spiro atoms. The molecule has 0 unspecified atom stereocenters. The fraction of sp³-hybridized carbons (Fsp3) is 0.333. The van der Waals surface area contributed by atoms with Gasteiger partial charge in [0.25, 0.3) is 0 Å². The first-order valence-corrected chi connectivity index (χ1v) is 5.79. The molecule has 1 aromatic carbocycles. The number of nitrogen functional groups attached to an aromatic ring is 1.